The van der Waals surface area contributed by atoms with E-state index in [0.29, 0.717) is 0 Å². The molecule has 0 unspecified atom stereocenters. The van der Waals surface area contributed by atoms with Crippen LogP contribution in [0.15, 0.2) is 48.5 Å². The van der Waals surface area contributed by atoms with Gasteiger partial charge in [0, 0.05) is 56.3 Å². The minimum Gasteiger partial charge on any atom is -0.685 e. The first-order valence-electron chi connectivity index (χ1n) is 7.23. The number of hydrogen-bond donors (Lipinski definition) is 0. The van der Waals surface area contributed by atoms with Crippen LogP contribution < -0.4 is 9.80 Å². The molecule has 0 aliphatic rings. The molecule has 0 aliphatic carbocycles. The van der Waals surface area contributed by atoms with Crippen LogP contribution in [0.5, 0.6) is 0 Å². The molecule has 0 aromatic heterocycles. The Hall–Kier alpha value is -1.85. The van der Waals surface area contributed by atoms with Crippen molar-refractivity contribution in [1.29, 1.82) is 0 Å². The maximum Gasteiger partial charge on any atom is 0.0209 e. The SMILES string of the molecule is C[N-]c1ccccc1N(C)C.C[N-]c1ccccc1N(C)C.[Co]. The van der Waals surface area contributed by atoms with Crippen molar-refractivity contribution in [3.05, 3.63) is 59.2 Å². The maximum absolute atomic E-state index is 4.15. The van der Waals surface area contributed by atoms with Crippen LogP contribution in [0.4, 0.5) is 22.7 Å². The third kappa shape index (κ3) is 6.42. The molecule has 0 aliphatic heterocycles. The van der Waals surface area contributed by atoms with Crippen LogP contribution in [0.1, 0.15) is 0 Å². The summed E-state index contributed by atoms with van der Waals surface area (Å²) < 4.78 is 0. The van der Waals surface area contributed by atoms with Crippen LogP contribution in [0.3, 0.4) is 0 Å². The van der Waals surface area contributed by atoms with Gasteiger partial charge in [-0.05, 0) is 12.1 Å². The molecule has 129 valence electrons. The molecule has 0 fully saturated rings. The summed E-state index contributed by atoms with van der Waals surface area (Å²) in [5.74, 6) is 0. The minimum absolute atomic E-state index is 0. The van der Waals surface area contributed by atoms with E-state index in [4.69, 9.17) is 0 Å². The van der Waals surface area contributed by atoms with Gasteiger partial charge in [-0.3, -0.25) is 0 Å². The zero-order chi connectivity index (χ0) is 16.5. The van der Waals surface area contributed by atoms with Gasteiger partial charge in [0.15, 0.2) is 0 Å². The van der Waals surface area contributed by atoms with Crippen LogP contribution in [0, 0.1) is 0 Å². The van der Waals surface area contributed by atoms with Crippen molar-refractivity contribution < 1.29 is 16.8 Å². The molecule has 4 nitrogen and oxygen atoms in total. The van der Waals surface area contributed by atoms with Gasteiger partial charge in [0.1, 0.15) is 0 Å². The molecular formula is C18H26CoN4-2. The van der Waals surface area contributed by atoms with E-state index in [1.165, 1.54) is 0 Å². The molecular weight excluding hydrogens is 331 g/mol. The molecule has 0 saturated heterocycles. The summed E-state index contributed by atoms with van der Waals surface area (Å²) in [6.07, 6.45) is 0. The van der Waals surface area contributed by atoms with Gasteiger partial charge in [-0.15, -0.1) is 25.5 Å². The van der Waals surface area contributed by atoms with Crippen molar-refractivity contribution in [1.82, 2.24) is 0 Å². The Kier molecular flexibility index (Phi) is 9.93. The third-order valence-electron chi connectivity index (χ3n) is 3.21. The number of rotatable bonds is 4. The number of nitrogens with zero attached hydrogens (tertiary/aromatic N) is 4. The zero-order valence-electron chi connectivity index (χ0n) is 14.7. The fourth-order valence-corrected chi connectivity index (χ4v) is 2.06. The summed E-state index contributed by atoms with van der Waals surface area (Å²) in [6, 6.07) is 16.2. The first kappa shape index (κ1) is 21.1. The maximum atomic E-state index is 4.15. The molecule has 23 heavy (non-hydrogen) atoms. The normalized spacial score (nSPS) is 8.96. The van der Waals surface area contributed by atoms with E-state index < -0.39 is 0 Å². The van der Waals surface area contributed by atoms with Gasteiger partial charge in [-0.2, -0.15) is 0 Å². The van der Waals surface area contributed by atoms with Crippen LogP contribution in [0.25, 0.3) is 10.6 Å². The number of para-hydroxylation sites is 4. The van der Waals surface area contributed by atoms with Crippen molar-refractivity contribution in [3.63, 3.8) is 0 Å². The molecule has 0 saturated carbocycles. The van der Waals surface area contributed by atoms with Crippen molar-refractivity contribution in [3.8, 4) is 0 Å². The molecule has 0 spiro atoms. The van der Waals surface area contributed by atoms with Gasteiger partial charge in [0.05, 0.1) is 0 Å². The quantitative estimate of drug-likeness (QED) is 0.790. The smallest absolute Gasteiger partial charge is 0.0209 e. The topological polar surface area (TPSA) is 34.7 Å². The molecule has 2 rings (SSSR count). The second-order valence-electron chi connectivity index (χ2n) is 5.21. The van der Waals surface area contributed by atoms with Crippen molar-refractivity contribution >= 4 is 22.7 Å². The molecule has 5 heteroatoms. The summed E-state index contributed by atoms with van der Waals surface area (Å²) in [5.41, 5.74) is 4.40. The van der Waals surface area contributed by atoms with Crippen molar-refractivity contribution in [2.45, 2.75) is 0 Å². The van der Waals surface area contributed by atoms with E-state index in [2.05, 4.69) is 32.6 Å². The monoisotopic (exact) mass is 357 g/mol. The molecule has 0 atom stereocenters. The molecule has 0 bridgehead atoms. The molecule has 0 heterocycles. The van der Waals surface area contributed by atoms with Gasteiger partial charge in [0.2, 0.25) is 0 Å². The Morgan fingerprint density at radius 1 is 0.609 bits per heavy atom. The fourth-order valence-electron chi connectivity index (χ4n) is 2.06. The average molecular weight is 357 g/mol. The Bertz CT molecular complexity index is 519. The van der Waals surface area contributed by atoms with Crippen molar-refractivity contribution in [2.75, 3.05) is 52.1 Å². The second-order valence-corrected chi connectivity index (χ2v) is 5.21. The predicted molar refractivity (Wildman–Crippen MR) is 99.4 cm³/mol. The Labute approximate surface area is 151 Å². The Balaban J connectivity index is 0.000000403. The standard InChI is InChI=1S/2C9H13N2.Co/c2*1-10-8-6-4-5-7-9(8)11(2)3;/h2*4-7H,1-3H3;/q2*-1;. The summed E-state index contributed by atoms with van der Waals surface area (Å²) in [6.45, 7) is 0. The van der Waals surface area contributed by atoms with Gasteiger partial charge >= 0.3 is 0 Å². The third-order valence-corrected chi connectivity index (χ3v) is 3.21. The van der Waals surface area contributed by atoms with Crippen LogP contribution >= 0.6 is 0 Å². The van der Waals surface area contributed by atoms with E-state index in [0.717, 1.165) is 22.7 Å². The van der Waals surface area contributed by atoms with E-state index in [9.17, 15) is 0 Å². The Morgan fingerprint density at radius 2 is 0.913 bits per heavy atom. The molecule has 1 radical (unpaired) electrons. The van der Waals surface area contributed by atoms with Gasteiger partial charge in [-0.1, -0.05) is 36.4 Å². The van der Waals surface area contributed by atoms with Gasteiger partial charge in [0.25, 0.3) is 0 Å². The number of anilines is 2. The van der Waals surface area contributed by atoms with E-state index >= 15 is 0 Å². The van der Waals surface area contributed by atoms with Gasteiger partial charge in [-0.25, -0.2) is 0 Å². The largest absolute Gasteiger partial charge is 0.685 e. The summed E-state index contributed by atoms with van der Waals surface area (Å²) in [7, 11) is 11.7. The van der Waals surface area contributed by atoms with Crippen LogP contribution in [-0.2, 0) is 16.8 Å². The second kappa shape index (κ2) is 10.8. The minimum atomic E-state index is 0. The molecule has 0 N–H and O–H groups in total. The Morgan fingerprint density at radius 3 is 1.13 bits per heavy atom. The summed E-state index contributed by atoms with van der Waals surface area (Å²) in [5, 5.41) is 8.30. The van der Waals surface area contributed by atoms with E-state index in [-0.39, 0.29) is 16.8 Å². The zero-order valence-corrected chi connectivity index (χ0v) is 15.8. The predicted octanol–water partition coefficient (Wildman–Crippen LogP) is 4.77. The van der Waals surface area contributed by atoms with Crippen LogP contribution in [-0.4, -0.2) is 42.3 Å². The van der Waals surface area contributed by atoms with E-state index in [1.54, 1.807) is 0 Å². The fraction of sp³-hybridized carbons (Fsp3) is 0.333. The summed E-state index contributed by atoms with van der Waals surface area (Å²) in [4.78, 5) is 4.12. The number of benzene rings is 2. The molecule has 2 aromatic rings. The first-order valence-corrected chi connectivity index (χ1v) is 7.23. The van der Waals surface area contributed by atoms with Crippen molar-refractivity contribution in [2.24, 2.45) is 0 Å². The first-order chi connectivity index (χ1) is 10.5. The van der Waals surface area contributed by atoms with Crippen LogP contribution in [0.2, 0.25) is 0 Å². The number of hydrogen-bond acceptors (Lipinski definition) is 2. The average Bonchev–Trinajstić information content (AvgIpc) is 2.55. The summed E-state index contributed by atoms with van der Waals surface area (Å²) >= 11 is 0. The van der Waals surface area contributed by atoms with Gasteiger partial charge < -0.3 is 20.4 Å². The van der Waals surface area contributed by atoms with E-state index in [1.807, 2.05) is 78.7 Å². The molecule has 2 aromatic carbocycles. The molecule has 0 amide bonds.